The number of hydrogen-bond acceptors (Lipinski definition) is 1. The first-order valence-electron chi connectivity index (χ1n) is 9.84. The van der Waals surface area contributed by atoms with Crippen LogP contribution in [0.15, 0.2) is 23.8 Å². The van der Waals surface area contributed by atoms with Crippen LogP contribution in [0.1, 0.15) is 71.6 Å². The average Bonchev–Trinajstić information content (AvgIpc) is 3.19. The van der Waals surface area contributed by atoms with Gasteiger partial charge in [0.1, 0.15) is 0 Å². The highest BCUT2D eigenvalue weighted by atomic mass is 16.3. The first-order valence-corrected chi connectivity index (χ1v) is 9.84. The first-order chi connectivity index (χ1) is 10.8. The van der Waals surface area contributed by atoms with Crippen molar-refractivity contribution in [1.82, 2.24) is 0 Å². The van der Waals surface area contributed by atoms with Gasteiger partial charge in [0.05, 0.1) is 6.10 Å². The standard InChI is InChI=1S/C21H34O/c1-3-5-7-8-9-11-18-17(10-6-4-2)19-15-12-13-16(14-15)20(19)21(18)22/h11-13,15-17,19-22H,3-10,14H2,1-2H3/b18-11+/t15-,16+,17+,19-,20-,21+/m0/s1. The Balaban J connectivity index is 1.69. The summed E-state index contributed by atoms with van der Waals surface area (Å²) >= 11 is 0. The average molecular weight is 303 g/mol. The van der Waals surface area contributed by atoms with Gasteiger partial charge in [-0.05, 0) is 60.8 Å². The first kappa shape index (κ1) is 16.3. The van der Waals surface area contributed by atoms with Crippen LogP contribution in [-0.2, 0) is 0 Å². The molecule has 3 aliphatic rings. The van der Waals surface area contributed by atoms with Crippen LogP contribution in [0.4, 0.5) is 0 Å². The summed E-state index contributed by atoms with van der Waals surface area (Å²) in [5.41, 5.74) is 1.43. The number of unbranched alkanes of at least 4 members (excludes halogenated alkanes) is 5. The summed E-state index contributed by atoms with van der Waals surface area (Å²) in [7, 11) is 0. The molecule has 0 aromatic heterocycles. The summed E-state index contributed by atoms with van der Waals surface area (Å²) in [6.07, 6.45) is 18.8. The fraction of sp³-hybridized carbons (Fsp3) is 0.810. The minimum absolute atomic E-state index is 0.141. The third-order valence-corrected chi connectivity index (χ3v) is 6.49. The third-order valence-electron chi connectivity index (χ3n) is 6.49. The predicted octanol–water partition coefficient (Wildman–Crippen LogP) is 5.50. The molecule has 0 amide bonds. The van der Waals surface area contributed by atoms with Crippen molar-refractivity contribution in [3.8, 4) is 0 Å². The topological polar surface area (TPSA) is 20.2 Å². The van der Waals surface area contributed by atoms with Crippen molar-refractivity contribution in [2.45, 2.75) is 77.7 Å². The van der Waals surface area contributed by atoms with Gasteiger partial charge in [0.2, 0.25) is 0 Å². The lowest BCUT2D eigenvalue weighted by atomic mass is 9.78. The van der Waals surface area contributed by atoms with E-state index in [4.69, 9.17) is 0 Å². The van der Waals surface area contributed by atoms with Crippen molar-refractivity contribution in [2.75, 3.05) is 0 Å². The van der Waals surface area contributed by atoms with Crippen molar-refractivity contribution >= 4 is 0 Å². The van der Waals surface area contributed by atoms with Gasteiger partial charge < -0.3 is 5.11 Å². The molecule has 0 unspecified atom stereocenters. The molecule has 1 nitrogen and oxygen atoms in total. The number of allylic oxidation sites excluding steroid dienone is 3. The van der Waals surface area contributed by atoms with Gasteiger partial charge in [0, 0.05) is 0 Å². The molecular formula is C21H34O. The van der Waals surface area contributed by atoms with Gasteiger partial charge in [-0.2, -0.15) is 0 Å². The summed E-state index contributed by atoms with van der Waals surface area (Å²) in [4.78, 5) is 0. The predicted molar refractivity (Wildman–Crippen MR) is 93.6 cm³/mol. The molecule has 0 aromatic carbocycles. The van der Waals surface area contributed by atoms with E-state index in [9.17, 15) is 5.11 Å². The Kier molecular flexibility index (Phi) is 5.44. The van der Waals surface area contributed by atoms with Gasteiger partial charge in [0.25, 0.3) is 0 Å². The second-order valence-electron chi connectivity index (χ2n) is 7.85. The van der Waals surface area contributed by atoms with Crippen molar-refractivity contribution in [2.24, 2.45) is 29.6 Å². The van der Waals surface area contributed by atoms with Gasteiger partial charge in [-0.1, -0.05) is 64.2 Å². The van der Waals surface area contributed by atoms with E-state index >= 15 is 0 Å². The summed E-state index contributed by atoms with van der Waals surface area (Å²) in [5, 5.41) is 11.0. The maximum atomic E-state index is 11.0. The second-order valence-corrected chi connectivity index (χ2v) is 7.85. The van der Waals surface area contributed by atoms with Crippen molar-refractivity contribution in [3.05, 3.63) is 23.8 Å². The maximum Gasteiger partial charge on any atom is 0.0789 e. The summed E-state index contributed by atoms with van der Waals surface area (Å²) in [6, 6.07) is 0. The molecule has 0 aliphatic heterocycles. The Morgan fingerprint density at radius 3 is 2.45 bits per heavy atom. The quantitative estimate of drug-likeness (QED) is 0.463. The number of aliphatic hydroxyl groups excluding tert-OH is 1. The summed E-state index contributed by atoms with van der Waals surface area (Å²) in [5.74, 6) is 3.39. The smallest absolute Gasteiger partial charge is 0.0789 e. The summed E-state index contributed by atoms with van der Waals surface area (Å²) in [6.45, 7) is 4.56. The molecule has 1 N–H and O–H groups in total. The fourth-order valence-electron chi connectivity index (χ4n) is 5.47. The number of hydrogen-bond donors (Lipinski definition) is 1. The van der Waals surface area contributed by atoms with E-state index in [2.05, 4.69) is 32.1 Å². The Hall–Kier alpha value is -0.560. The Bertz CT molecular complexity index is 422. The van der Waals surface area contributed by atoms with Crippen molar-refractivity contribution in [1.29, 1.82) is 0 Å². The lowest BCUT2D eigenvalue weighted by Gasteiger charge is -2.26. The largest absolute Gasteiger partial charge is 0.388 e. The maximum absolute atomic E-state index is 11.0. The van der Waals surface area contributed by atoms with Crippen molar-refractivity contribution < 1.29 is 5.11 Å². The molecule has 1 heteroatoms. The lowest BCUT2D eigenvalue weighted by molar-refractivity contribution is 0.128. The van der Waals surface area contributed by atoms with E-state index < -0.39 is 0 Å². The highest BCUT2D eigenvalue weighted by Crippen LogP contribution is 2.60. The molecule has 0 spiro atoms. The summed E-state index contributed by atoms with van der Waals surface area (Å²) < 4.78 is 0. The van der Waals surface area contributed by atoms with Gasteiger partial charge in [0.15, 0.2) is 0 Å². The van der Waals surface area contributed by atoms with E-state index in [1.807, 2.05) is 0 Å². The van der Waals surface area contributed by atoms with E-state index in [0.29, 0.717) is 17.8 Å². The number of aliphatic hydroxyl groups is 1. The van der Waals surface area contributed by atoms with Crippen LogP contribution in [0.3, 0.4) is 0 Å². The van der Waals surface area contributed by atoms with E-state index in [1.54, 1.807) is 0 Å². The van der Waals surface area contributed by atoms with E-state index in [0.717, 1.165) is 11.8 Å². The molecule has 124 valence electrons. The van der Waals surface area contributed by atoms with Crippen LogP contribution in [0, 0.1) is 29.6 Å². The Morgan fingerprint density at radius 2 is 1.73 bits per heavy atom. The van der Waals surface area contributed by atoms with Gasteiger partial charge >= 0.3 is 0 Å². The van der Waals surface area contributed by atoms with Gasteiger partial charge in [-0.25, -0.2) is 0 Å². The normalized spacial score (nSPS) is 40.8. The van der Waals surface area contributed by atoms with Crippen LogP contribution in [0.2, 0.25) is 0 Å². The zero-order valence-electron chi connectivity index (χ0n) is 14.5. The minimum Gasteiger partial charge on any atom is -0.388 e. The molecule has 0 heterocycles. The molecule has 6 atom stereocenters. The van der Waals surface area contributed by atoms with Crippen LogP contribution in [-0.4, -0.2) is 11.2 Å². The molecular weight excluding hydrogens is 268 g/mol. The second kappa shape index (κ2) is 7.34. The highest BCUT2D eigenvalue weighted by molar-refractivity contribution is 5.30. The molecule has 3 aliphatic carbocycles. The zero-order chi connectivity index (χ0) is 15.5. The Labute approximate surface area is 136 Å². The molecule has 22 heavy (non-hydrogen) atoms. The lowest BCUT2D eigenvalue weighted by Crippen LogP contribution is -2.24. The molecule has 2 bridgehead atoms. The Morgan fingerprint density at radius 1 is 1.00 bits per heavy atom. The minimum atomic E-state index is -0.141. The molecule has 2 saturated carbocycles. The molecule has 0 aromatic rings. The van der Waals surface area contributed by atoms with E-state index in [1.165, 1.54) is 63.4 Å². The van der Waals surface area contributed by atoms with Crippen molar-refractivity contribution in [3.63, 3.8) is 0 Å². The molecule has 0 saturated heterocycles. The monoisotopic (exact) mass is 302 g/mol. The number of fused-ring (bicyclic) bond motifs is 5. The van der Waals surface area contributed by atoms with Gasteiger partial charge in [-0.3, -0.25) is 0 Å². The van der Waals surface area contributed by atoms with Crippen LogP contribution < -0.4 is 0 Å². The van der Waals surface area contributed by atoms with E-state index in [-0.39, 0.29) is 6.10 Å². The van der Waals surface area contributed by atoms with Crippen LogP contribution >= 0.6 is 0 Å². The molecule has 2 fully saturated rings. The fourth-order valence-corrected chi connectivity index (χ4v) is 5.47. The molecule has 0 radical (unpaired) electrons. The van der Waals surface area contributed by atoms with Gasteiger partial charge in [-0.15, -0.1) is 0 Å². The third kappa shape index (κ3) is 2.94. The number of rotatable bonds is 8. The SMILES string of the molecule is CCCCCC/C=C1/[C@@H](O)[C@@H]2[C@H]([C@@H]1CCCC)[C@H]1C=C[C@@H]2C1. The zero-order valence-corrected chi connectivity index (χ0v) is 14.5. The molecule has 3 rings (SSSR count). The van der Waals surface area contributed by atoms with Crippen LogP contribution in [0.5, 0.6) is 0 Å². The highest BCUT2D eigenvalue weighted by Gasteiger charge is 2.56. The van der Waals surface area contributed by atoms with Crippen LogP contribution in [0.25, 0.3) is 0 Å².